The highest BCUT2D eigenvalue weighted by molar-refractivity contribution is 7.99. The van der Waals surface area contributed by atoms with Crippen molar-refractivity contribution in [2.75, 3.05) is 18.2 Å². The van der Waals surface area contributed by atoms with Gasteiger partial charge in [0, 0.05) is 18.4 Å². The zero-order valence-electron chi connectivity index (χ0n) is 8.01. The van der Waals surface area contributed by atoms with E-state index in [4.69, 9.17) is 5.11 Å². The smallest absolute Gasteiger partial charge is 0.258 e. The Labute approximate surface area is 91.5 Å². The molecule has 0 atom stereocenters. The maximum Gasteiger partial charge on any atom is 0.258 e. The Balaban J connectivity index is 2.24. The average molecular weight is 225 g/mol. The highest BCUT2D eigenvalue weighted by Gasteiger charge is 2.22. The number of benzene rings is 1. The lowest BCUT2D eigenvalue weighted by molar-refractivity contribution is 0.0800. The summed E-state index contributed by atoms with van der Waals surface area (Å²) >= 11 is 1.69. The van der Waals surface area contributed by atoms with E-state index in [0.29, 0.717) is 12.4 Å². The molecule has 5 heteroatoms. The summed E-state index contributed by atoms with van der Waals surface area (Å²) in [7, 11) is 0. The standard InChI is InChI=1S/C10H11NO3S/c12-7-1-2-8(9(13)5-7)10(14)11-3-4-15-6-11/h1-2,5,12-13H,3-4,6H2. The number of hydrogen-bond acceptors (Lipinski definition) is 4. The van der Waals surface area contributed by atoms with Crippen LogP contribution in [-0.4, -0.2) is 39.2 Å². The Morgan fingerprint density at radius 1 is 1.40 bits per heavy atom. The van der Waals surface area contributed by atoms with Gasteiger partial charge in [0.1, 0.15) is 11.5 Å². The van der Waals surface area contributed by atoms with Gasteiger partial charge in [0.25, 0.3) is 5.91 Å². The van der Waals surface area contributed by atoms with E-state index in [1.165, 1.54) is 18.2 Å². The van der Waals surface area contributed by atoms with Gasteiger partial charge in [0.05, 0.1) is 11.4 Å². The first-order chi connectivity index (χ1) is 7.18. The fourth-order valence-electron chi connectivity index (χ4n) is 1.45. The van der Waals surface area contributed by atoms with Gasteiger partial charge in [0.15, 0.2) is 0 Å². The van der Waals surface area contributed by atoms with E-state index in [-0.39, 0.29) is 23.0 Å². The van der Waals surface area contributed by atoms with Crippen LogP contribution in [0.15, 0.2) is 18.2 Å². The van der Waals surface area contributed by atoms with Crippen LogP contribution in [0.25, 0.3) is 0 Å². The van der Waals surface area contributed by atoms with Crippen LogP contribution in [0.1, 0.15) is 10.4 Å². The topological polar surface area (TPSA) is 60.8 Å². The van der Waals surface area contributed by atoms with Crippen molar-refractivity contribution >= 4 is 17.7 Å². The lowest BCUT2D eigenvalue weighted by Gasteiger charge is -2.14. The van der Waals surface area contributed by atoms with Crippen molar-refractivity contribution in [1.82, 2.24) is 4.90 Å². The van der Waals surface area contributed by atoms with Crippen LogP contribution in [0.4, 0.5) is 0 Å². The Bertz CT molecular complexity index is 388. The first-order valence-electron chi connectivity index (χ1n) is 4.57. The molecule has 80 valence electrons. The van der Waals surface area contributed by atoms with Gasteiger partial charge in [-0.15, -0.1) is 11.8 Å². The molecule has 1 aliphatic rings. The summed E-state index contributed by atoms with van der Waals surface area (Å²) in [5, 5.41) is 18.6. The highest BCUT2D eigenvalue weighted by atomic mass is 32.2. The normalized spacial score (nSPS) is 15.6. The highest BCUT2D eigenvalue weighted by Crippen LogP contribution is 2.25. The number of amides is 1. The maximum atomic E-state index is 11.9. The van der Waals surface area contributed by atoms with E-state index < -0.39 is 0 Å². The molecule has 1 amide bonds. The van der Waals surface area contributed by atoms with Crippen molar-refractivity contribution in [3.8, 4) is 11.5 Å². The summed E-state index contributed by atoms with van der Waals surface area (Å²) in [4.78, 5) is 13.5. The molecule has 1 aliphatic heterocycles. The summed E-state index contributed by atoms with van der Waals surface area (Å²) in [5.74, 6) is 1.21. The Morgan fingerprint density at radius 2 is 2.20 bits per heavy atom. The molecule has 1 fully saturated rings. The second kappa shape index (κ2) is 4.02. The molecule has 0 saturated carbocycles. The fourth-order valence-corrected chi connectivity index (χ4v) is 2.39. The summed E-state index contributed by atoms with van der Waals surface area (Å²) in [6, 6.07) is 4.02. The number of phenols is 2. The molecule has 1 saturated heterocycles. The van der Waals surface area contributed by atoms with Gasteiger partial charge >= 0.3 is 0 Å². The van der Waals surface area contributed by atoms with Gasteiger partial charge in [-0.05, 0) is 12.1 Å². The number of phenolic OH excluding ortho intramolecular Hbond substituents is 2. The van der Waals surface area contributed by atoms with E-state index in [9.17, 15) is 9.90 Å². The van der Waals surface area contributed by atoms with Crippen molar-refractivity contribution in [2.45, 2.75) is 0 Å². The number of aromatic hydroxyl groups is 2. The maximum absolute atomic E-state index is 11.9. The van der Waals surface area contributed by atoms with Crippen molar-refractivity contribution in [1.29, 1.82) is 0 Å². The largest absolute Gasteiger partial charge is 0.508 e. The summed E-state index contributed by atoms with van der Waals surface area (Å²) in [5.41, 5.74) is 0.246. The van der Waals surface area contributed by atoms with Gasteiger partial charge in [-0.25, -0.2) is 0 Å². The molecule has 1 aromatic carbocycles. The van der Waals surface area contributed by atoms with Crippen molar-refractivity contribution in [2.24, 2.45) is 0 Å². The van der Waals surface area contributed by atoms with Gasteiger partial charge in [-0.3, -0.25) is 4.79 Å². The third-order valence-corrected chi connectivity index (χ3v) is 3.22. The first-order valence-corrected chi connectivity index (χ1v) is 5.73. The second-order valence-electron chi connectivity index (χ2n) is 3.31. The molecule has 1 heterocycles. The minimum atomic E-state index is -0.183. The summed E-state index contributed by atoms with van der Waals surface area (Å²) in [6.45, 7) is 0.712. The minimum Gasteiger partial charge on any atom is -0.508 e. The lowest BCUT2D eigenvalue weighted by atomic mass is 10.1. The molecule has 0 bridgehead atoms. The number of hydrogen-bond donors (Lipinski definition) is 2. The molecule has 4 nitrogen and oxygen atoms in total. The average Bonchev–Trinajstić information content (AvgIpc) is 2.69. The summed E-state index contributed by atoms with van der Waals surface area (Å²) in [6.07, 6.45) is 0. The third kappa shape index (κ3) is 2.02. The molecular formula is C10H11NO3S. The Hall–Kier alpha value is -1.36. The van der Waals surface area contributed by atoms with E-state index >= 15 is 0 Å². The molecule has 15 heavy (non-hydrogen) atoms. The van der Waals surface area contributed by atoms with Gasteiger partial charge in [-0.1, -0.05) is 0 Å². The molecular weight excluding hydrogens is 214 g/mol. The van der Waals surface area contributed by atoms with E-state index in [1.807, 2.05) is 0 Å². The number of carbonyl (C=O) groups is 1. The van der Waals surface area contributed by atoms with Crippen LogP contribution in [0.2, 0.25) is 0 Å². The van der Waals surface area contributed by atoms with Crippen LogP contribution in [0, 0.1) is 0 Å². The zero-order chi connectivity index (χ0) is 10.8. The van der Waals surface area contributed by atoms with Crippen molar-refractivity contribution < 1.29 is 15.0 Å². The molecule has 0 spiro atoms. The molecule has 2 rings (SSSR count). The number of rotatable bonds is 1. The lowest BCUT2D eigenvalue weighted by Crippen LogP contribution is -2.27. The van der Waals surface area contributed by atoms with E-state index in [1.54, 1.807) is 16.7 Å². The monoisotopic (exact) mass is 225 g/mol. The van der Waals surface area contributed by atoms with E-state index in [2.05, 4.69) is 0 Å². The molecule has 2 N–H and O–H groups in total. The van der Waals surface area contributed by atoms with Gasteiger partial charge in [0.2, 0.25) is 0 Å². The Kier molecular flexibility index (Phi) is 2.73. The number of nitrogens with zero attached hydrogens (tertiary/aromatic N) is 1. The van der Waals surface area contributed by atoms with Gasteiger partial charge < -0.3 is 15.1 Å². The molecule has 0 radical (unpaired) electrons. The third-order valence-electron chi connectivity index (χ3n) is 2.25. The fraction of sp³-hybridized carbons (Fsp3) is 0.300. The summed E-state index contributed by atoms with van der Waals surface area (Å²) < 4.78 is 0. The number of carbonyl (C=O) groups excluding carboxylic acids is 1. The van der Waals surface area contributed by atoms with Crippen molar-refractivity contribution in [3.63, 3.8) is 0 Å². The predicted octanol–water partition coefficient (Wildman–Crippen LogP) is 1.24. The van der Waals surface area contributed by atoms with Crippen LogP contribution in [-0.2, 0) is 0 Å². The first kappa shape index (κ1) is 10.2. The van der Waals surface area contributed by atoms with Crippen LogP contribution in [0.5, 0.6) is 11.5 Å². The molecule has 0 aromatic heterocycles. The van der Waals surface area contributed by atoms with Crippen LogP contribution in [0.3, 0.4) is 0 Å². The molecule has 0 unspecified atom stereocenters. The second-order valence-corrected chi connectivity index (χ2v) is 4.38. The van der Waals surface area contributed by atoms with Crippen LogP contribution < -0.4 is 0 Å². The quantitative estimate of drug-likeness (QED) is 0.755. The Morgan fingerprint density at radius 3 is 2.80 bits per heavy atom. The molecule has 0 aliphatic carbocycles. The molecule has 1 aromatic rings. The zero-order valence-corrected chi connectivity index (χ0v) is 8.83. The van der Waals surface area contributed by atoms with E-state index in [0.717, 1.165) is 5.75 Å². The minimum absolute atomic E-state index is 0.0418. The predicted molar refractivity (Wildman–Crippen MR) is 58.1 cm³/mol. The number of thioether (sulfide) groups is 1. The van der Waals surface area contributed by atoms with Gasteiger partial charge in [-0.2, -0.15) is 0 Å². The van der Waals surface area contributed by atoms with Crippen molar-refractivity contribution in [3.05, 3.63) is 23.8 Å². The SMILES string of the molecule is O=C(c1ccc(O)cc1O)N1CCSC1. The van der Waals surface area contributed by atoms with Crippen LogP contribution >= 0.6 is 11.8 Å².